The molecule has 0 aromatic carbocycles. The fraction of sp³-hybridized carbons (Fsp3) is 0.400. The van der Waals surface area contributed by atoms with Gasteiger partial charge in [0.2, 0.25) is 3.79 Å². The molecule has 0 radical (unpaired) electrons. The molecular formula is C5H4Cl3NO2S. The first-order valence-electron chi connectivity index (χ1n) is 2.84. The van der Waals surface area contributed by atoms with Gasteiger partial charge in [-0.15, -0.1) is 0 Å². The summed E-state index contributed by atoms with van der Waals surface area (Å²) < 4.78 is -0.901. The number of nitrogens with zero attached hydrogens (tertiary/aromatic N) is 1. The van der Waals surface area contributed by atoms with Crippen LogP contribution in [0.2, 0.25) is 0 Å². The molecule has 12 heavy (non-hydrogen) atoms. The summed E-state index contributed by atoms with van der Waals surface area (Å²) in [6.07, 6.45) is -1.44. The molecule has 0 saturated heterocycles. The lowest BCUT2D eigenvalue weighted by Gasteiger charge is -2.18. The van der Waals surface area contributed by atoms with Gasteiger partial charge in [0.25, 0.3) is 5.56 Å². The molecular weight excluding hydrogens is 244 g/mol. The summed E-state index contributed by atoms with van der Waals surface area (Å²) in [5.41, 5.74) is -0.390. The highest BCUT2D eigenvalue weighted by Gasteiger charge is 2.33. The second-order valence-electron chi connectivity index (χ2n) is 1.99. The number of rotatable bonds is 1. The van der Waals surface area contributed by atoms with Crippen molar-refractivity contribution in [3.05, 3.63) is 21.8 Å². The average Bonchev–Trinajstić information content (AvgIpc) is 2.31. The van der Waals surface area contributed by atoms with Crippen LogP contribution in [0.1, 0.15) is 6.23 Å². The molecule has 1 aromatic heterocycles. The van der Waals surface area contributed by atoms with Crippen LogP contribution >= 0.6 is 46.3 Å². The van der Waals surface area contributed by atoms with E-state index in [2.05, 4.69) is 0 Å². The lowest BCUT2D eigenvalue weighted by atomic mass is 10.6. The van der Waals surface area contributed by atoms with Crippen molar-refractivity contribution in [3.63, 3.8) is 0 Å². The number of aliphatic hydroxyl groups excluding tert-OH is 1. The summed E-state index contributed by atoms with van der Waals surface area (Å²) in [5.74, 6) is 0. The maximum Gasteiger partial charge on any atom is 0.263 e. The summed E-state index contributed by atoms with van der Waals surface area (Å²) >= 11 is 17.1. The SMILES string of the molecule is O=c1ccsn1C(O)C(Cl)(Cl)Cl. The van der Waals surface area contributed by atoms with Gasteiger partial charge >= 0.3 is 0 Å². The molecule has 0 saturated carbocycles. The first-order valence-corrected chi connectivity index (χ1v) is 4.81. The Labute approximate surface area is 87.2 Å². The first-order chi connectivity index (χ1) is 5.43. The van der Waals surface area contributed by atoms with Crippen molar-refractivity contribution in [2.45, 2.75) is 10.0 Å². The standard InChI is InChI=1S/C5H4Cl3NO2S/c6-5(7,8)4(11)9-3(10)1-2-12-9/h1-2,4,11H. The molecule has 0 spiro atoms. The normalized spacial score (nSPS) is 14.7. The molecule has 0 aliphatic rings. The molecule has 1 rings (SSSR count). The van der Waals surface area contributed by atoms with Gasteiger partial charge < -0.3 is 5.11 Å². The number of alkyl halides is 3. The number of hydrogen-bond donors (Lipinski definition) is 1. The van der Waals surface area contributed by atoms with Gasteiger partial charge in [-0.05, 0) is 0 Å². The fourth-order valence-electron chi connectivity index (χ4n) is 0.591. The van der Waals surface area contributed by atoms with Crippen LogP contribution < -0.4 is 5.56 Å². The maximum atomic E-state index is 10.9. The number of halogens is 3. The zero-order valence-corrected chi connectivity index (χ0v) is 8.66. The van der Waals surface area contributed by atoms with Gasteiger partial charge in [-0.3, -0.25) is 4.79 Å². The Morgan fingerprint density at radius 1 is 1.58 bits per heavy atom. The number of aliphatic hydroxyl groups is 1. The van der Waals surface area contributed by atoms with Crippen molar-refractivity contribution in [2.75, 3.05) is 0 Å². The minimum atomic E-state index is -1.88. The van der Waals surface area contributed by atoms with E-state index in [1.54, 1.807) is 0 Å². The summed E-state index contributed by atoms with van der Waals surface area (Å²) in [7, 11) is 0. The van der Waals surface area contributed by atoms with Crippen LogP contribution in [-0.2, 0) is 0 Å². The lowest BCUT2D eigenvalue weighted by Crippen LogP contribution is -2.28. The molecule has 0 aliphatic heterocycles. The van der Waals surface area contributed by atoms with Crippen LogP contribution in [0.3, 0.4) is 0 Å². The largest absolute Gasteiger partial charge is 0.368 e. The van der Waals surface area contributed by atoms with E-state index in [1.807, 2.05) is 0 Å². The van der Waals surface area contributed by atoms with Crippen LogP contribution in [0.4, 0.5) is 0 Å². The molecule has 7 heteroatoms. The van der Waals surface area contributed by atoms with Crippen LogP contribution in [0.5, 0.6) is 0 Å². The molecule has 1 heterocycles. The van der Waals surface area contributed by atoms with Crippen molar-refractivity contribution < 1.29 is 5.11 Å². The van der Waals surface area contributed by atoms with Gasteiger partial charge in [0, 0.05) is 11.4 Å². The third-order valence-corrected chi connectivity index (χ3v) is 2.57. The topological polar surface area (TPSA) is 42.2 Å². The van der Waals surface area contributed by atoms with E-state index in [0.29, 0.717) is 0 Å². The Hall–Kier alpha value is 0.260. The van der Waals surface area contributed by atoms with E-state index in [1.165, 1.54) is 11.4 Å². The van der Waals surface area contributed by atoms with Crippen LogP contribution in [0.15, 0.2) is 16.2 Å². The Morgan fingerprint density at radius 2 is 2.17 bits per heavy atom. The summed E-state index contributed by atoms with van der Waals surface area (Å²) in [6, 6.07) is 1.28. The second kappa shape index (κ2) is 3.55. The molecule has 0 bridgehead atoms. The summed E-state index contributed by atoms with van der Waals surface area (Å²) in [5, 5.41) is 10.8. The van der Waals surface area contributed by atoms with Gasteiger partial charge in [-0.25, -0.2) is 3.96 Å². The quantitative estimate of drug-likeness (QED) is 0.770. The van der Waals surface area contributed by atoms with Crippen LogP contribution in [0, 0.1) is 0 Å². The van der Waals surface area contributed by atoms with Gasteiger partial charge in [0.15, 0.2) is 6.23 Å². The lowest BCUT2D eigenvalue weighted by molar-refractivity contribution is 0.116. The molecule has 3 nitrogen and oxygen atoms in total. The summed E-state index contributed by atoms with van der Waals surface area (Å²) in [6.45, 7) is 0. The zero-order valence-electron chi connectivity index (χ0n) is 5.58. The highest BCUT2D eigenvalue weighted by Crippen LogP contribution is 2.36. The van der Waals surface area contributed by atoms with Crippen molar-refractivity contribution in [3.8, 4) is 0 Å². The first kappa shape index (κ1) is 10.3. The predicted octanol–water partition coefficient (Wildman–Crippen LogP) is 1.77. The smallest absolute Gasteiger partial charge is 0.263 e. The van der Waals surface area contributed by atoms with Crippen LogP contribution in [0.25, 0.3) is 0 Å². The molecule has 1 N–H and O–H groups in total. The molecule has 68 valence electrons. The summed E-state index contributed by atoms with van der Waals surface area (Å²) in [4.78, 5) is 10.9. The van der Waals surface area contributed by atoms with E-state index < -0.39 is 10.0 Å². The Balaban J connectivity index is 3.01. The van der Waals surface area contributed by atoms with Gasteiger partial charge in [0.05, 0.1) is 0 Å². The van der Waals surface area contributed by atoms with E-state index in [4.69, 9.17) is 34.8 Å². The Kier molecular flexibility index (Phi) is 3.06. The van der Waals surface area contributed by atoms with Crippen molar-refractivity contribution in [2.24, 2.45) is 0 Å². The third kappa shape index (κ3) is 2.14. The van der Waals surface area contributed by atoms with Gasteiger partial charge in [-0.1, -0.05) is 46.3 Å². The minimum Gasteiger partial charge on any atom is -0.368 e. The third-order valence-electron chi connectivity index (χ3n) is 1.12. The van der Waals surface area contributed by atoms with Crippen molar-refractivity contribution in [1.29, 1.82) is 0 Å². The Morgan fingerprint density at radius 3 is 2.50 bits per heavy atom. The molecule has 0 fully saturated rings. The van der Waals surface area contributed by atoms with Gasteiger partial charge in [0.1, 0.15) is 0 Å². The highest BCUT2D eigenvalue weighted by molar-refractivity contribution is 7.04. The second-order valence-corrected chi connectivity index (χ2v) is 5.23. The molecule has 0 aliphatic carbocycles. The monoisotopic (exact) mass is 247 g/mol. The van der Waals surface area contributed by atoms with Gasteiger partial charge in [-0.2, -0.15) is 0 Å². The molecule has 1 atom stereocenters. The minimum absolute atomic E-state index is 0.390. The predicted molar refractivity (Wildman–Crippen MR) is 50.1 cm³/mol. The van der Waals surface area contributed by atoms with Crippen molar-refractivity contribution >= 4 is 46.3 Å². The fourth-order valence-corrected chi connectivity index (χ4v) is 1.80. The van der Waals surface area contributed by atoms with E-state index >= 15 is 0 Å². The molecule has 1 aromatic rings. The van der Waals surface area contributed by atoms with Crippen molar-refractivity contribution in [1.82, 2.24) is 3.96 Å². The highest BCUT2D eigenvalue weighted by atomic mass is 35.6. The van der Waals surface area contributed by atoms with E-state index in [-0.39, 0.29) is 5.56 Å². The van der Waals surface area contributed by atoms with E-state index in [0.717, 1.165) is 15.5 Å². The maximum absolute atomic E-state index is 10.9. The molecule has 0 amide bonds. The number of aromatic nitrogens is 1. The number of hydrogen-bond acceptors (Lipinski definition) is 3. The average molecular weight is 249 g/mol. The molecule has 1 unspecified atom stereocenters. The Bertz CT molecular complexity index is 315. The van der Waals surface area contributed by atoms with E-state index in [9.17, 15) is 9.90 Å². The zero-order chi connectivity index (χ0) is 9.35. The van der Waals surface area contributed by atoms with Crippen LogP contribution in [-0.4, -0.2) is 12.9 Å².